The Labute approximate surface area is 103 Å². The first-order valence-electron chi connectivity index (χ1n) is 6.25. The number of nitrogens with zero attached hydrogens (tertiary/aromatic N) is 1. The quantitative estimate of drug-likeness (QED) is 0.870. The molecule has 0 saturated carbocycles. The Morgan fingerprint density at radius 3 is 2.29 bits per heavy atom. The lowest BCUT2D eigenvalue weighted by Crippen LogP contribution is -2.27. The smallest absolute Gasteiger partial charge is 0.119 e. The summed E-state index contributed by atoms with van der Waals surface area (Å²) in [5.41, 5.74) is 0.478. The van der Waals surface area contributed by atoms with Crippen LogP contribution in [0.1, 0.15) is 26.7 Å². The average Bonchev–Trinajstić information content (AvgIpc) is 2.79. The molecule has 0 radical (unpaired) electrons. The van der Waals surface area contributed by atoms with E-state index in [1.165, 1.54) is 18.5 Å². The van der Waals surface area contributed by atoms with Crippen molar-refractivity contribution in [2.45, 2.75) is 32.3 Å². The van der Waals surface area contributed by atoms with Crippen molar-refractivity contribution in [2.24, 2.45) is 0 Å². The van der Waals surface area contributed by atoms with Crippen LogP contribution in [0.25, 0.3) is 0 Å². The molecule has 1 saturated heterocycles. The van der Waals surface area contributed by atoms with Crippen LogP contribution in [0, 0.1) is 0 Å². The van der Waals surface area contributed by atoms with Crippen molar-refractivity contribution < 1.29 is 9.84 Å². The minimum absolute atomic E-state index is 0.316. The van der Waals surface area contributed by atoms with Gasteiger partial charge in [-0.3, -0.25) is 0 Å². The van der Waals surface area contributed by atoms with E-state index in [9.17, 15) is 5.11 Å². The summed E-state index contributed by atoms with van der Waals surface area (Å²) < 4.78 is 5.52. The first kappa shape index (κ1) is 12.2. The van der Waals surface area contributed by atoms with Crippen molar-refractivity contribution in [1.82, 2.24) is 0 Å². The summed E-state index contributed by atoms with van der Waals surface area (Å²) in [6.45, 7) is 6.11. The van der Waals surface area contributed by atoms with E-state index in [4.69, 9.17) is 4.74 Å². The summed E-state index contributed by atoms with van der Waals surface area (Å²) in [5.74, 6) is 0.815. The number of aliphatic hydroxyl groups is 1. The van der Waals surface area contributed by atoms with Gasteiger partial charge in [-0.1, -0.05) is 0 Å². The predicted octanol–water partition coefficient (Wildman–Crippen LogP) is 2.44. The van der Waals surface area contributed by atoms with Gasteiger partial charge in [0.15, 0.2) is 0 Å². The van der Waals surface area contributed by atoms with Crippen LogP contribution in [0.2, 0.25) is 0 Å². The molecular weight excluding hydrogens is 214 g/mol. The van der Waals surface area contributed by atoms with E-state index in [0.29, 0.717) is 6.61 Å². The molecule has 1 aromatic rings. The molecule has 1 aromatic carbocycles. The molecule has 3 nitrogen and oxygen atoms in total. The van der Waals surface area contributed by atoms with Crippen LogP contribution in [-0.2, 0) is 0 Å². The lowest BCUT2D eigenvalue weighted by atomic mass is 10.2. The second-order valence-corrected chi connectivity index (χ2v) is 5.29. The van der Waals surface area contributed by atoms with Gasteiger partial charge in [0.1, 0.15) is 12.4 Å². The maximum Gasteiger partial charge on any atom is 0.119 e. The van der Waals surface area contributed by atoms with Crippen molar-refractivity contribution in [3.63, 3.8) is 0 Å². The van der Waals surface area contributed by atoms with E-state index < -0.39 is 5.60 Å². The molecule has 1 aliphatic heterocycles. The molecule has 0 bridgehead atoms. The lowest BCUT2D eigenvalue weighted by molar-refractivity contribution is 0.0285. The summed E-state index contributed by atoms with van der Waals surface area (Å²) in [4.78, 5) is 2.39. The molecule has 0 atom stereocenters. The van der Waals surface area contributed by atoms with Gasteiger partial charge in [0.05, 0.1) is 5.60 Å². The third-order valence-corrected chi connectivity index (χ3v) is 2.90. The molecule has 94 valence electrons. The van der Waals surface area contributed by atoms with Crippen LogP contribution in [-0.4, -0.2) is 30.4 Å². The van der Waals surface area contributed by atoms with Crippen LogP contribution in [0.3, 0.4) is 0 Å². The summed E-state index contributed by atoms with van der Waals surface area (Å²) >= 11 is 0. The van der Waals surface area contributed by atoms with E-state index in [1.807, 2.05) is 12.1 Å². The molecule has 1 heterocycles. The molecule has 3 heteroatoms. The Morgan fingerprint density at radius 1 is 1.18 bits per heavy atom. The summed E-state index contributed by atoms with van der Waals surface area (Å²) in [6, 6.07) is 8.12. The van der Waals surface area contributed by atoms with Gasteiger partial charge >= 0.3 is 0 Å². The molecule has 1 fully saturated rings. The second-order valence-electron chi connectivity index (χ2n) is 5.29. The standard InChI is InChI=1S/C14H21NO2/c1-14(2,16)11-17-13-7-5-12(6-8-13)15-9-3-4-10-15/h5-8,16H,3-4,9-11H2,1-2H3. The van der Waals surface area contributed by atoms with E-state index in [1.54, 1.807) is 13.8 Å². The summed E-state index contributed by atoms with van der Waals surface area (Å²) in [7, 11) is 0. The number of benzene rings is 1. The minimum Gasteiger partial charge on any atom is -0.491 e. The van der Waals surface area contributed by atoms with Gasteiger partial charge in [-0.15, -0.1) is 0 Å². The Hall–Kier alpha value is -1.22. The molecule has 0 amide bonds. The summed E-state index contributed by atoms with van der Waals surface area (Å²) in [6.07, 6.45) is 2.58. The van der Waals surface area contributed by atoms with Gasteiger partial charge in [-0.25, -0.2) is 0 Å². The Bertz CT molecular complexity index is 347. The first-order valence-corrected chi connectivity index (χ1v) is 6.25. The molecule has 0 unspecified atom stereocenters. The first-order chi connectivity index (χ1) is 8.04. The van der Waals surface area contributed by atoms with Crippen LogP contribution in [0.15, 0.2) is 24.3 Å². The van der Waals surface area contributed by atoms with Crippen molar-refractivity contribution in [3.8, 4) is 5.75 Å². The van der Waals surface area contributed by atoms with Gasteiger partial charge < -0.3 is 14.7 Å². The second kappa shape index (κ2) is 4.96. The largest absolute Gasteiger partial charge is 0.491 e. The highest BCUT2D eigenvalue weighted by Crippen LogP contribution is 2.23. The average molecular weight is 235 g/mol. The van der Waals surface area contributed by atoms with Gasteiger partial charge in [0.2, 0.25) is 0 Å². The molecule has 17 heavy (non-hydrogen) atoms. The van der Waals surface area contributed by atoms with Gasteiger partial charge in [-0.05, 0) is 51.0 Å². The van der Waals surface area contributed by atoms with Crippen LogP contribution in [0.4, 0.5) is 5.69 Å². The van der Waals surface area contributed by atoms with Crippen molar-refractivity contribution in [1.29, 1.82) is 0 Å². The van der Waals surface area contributed by atoms with Crippen LogP contribution >= 0.6 is 0 Å². The maximum atomic E-state index is 9.57. The zero-order chi connectivity index (χ0) is 12.3. The molecule has 1 N–H and O–H groups in total. The molecular formula is C14H21NO2. The monoisotopic (exact) mass is 235 g/mol. The fourth-order valence-corrected chi connectivity index (χ4v) is 1.99. The number of anilines is 1. The van der Waals surface area contributed by atoms with E-state index in [-0.39, 0.29) is 0 Å². The van der Waals surface area contributed by atoms with E-state index in [0.717, 1.165) is 18.8 Å². The molecule has 0 aliphatic carbocycles. The third-order valence-electron chi connectivity index (χ3n) is 2.90. The predicted molar refractivity (Wildman–Crippen MR) is 69.7 cm³/mol. The number of rotatable bonds is 4. The van der Waals surface area contributed by atoms with E-state index in [2.05, 4.69) is 17.0 Å². The van der Waals surface area contributed by atoms with Gasteiger partial charge in [0.25, 0.3) is 0 Å². The molecule has 0 aromatic heterocycles. The zero-order valence-corrected chi connectivity index (χ0v) is 10.6. The number of hydrogen-bond acceptors (Lipinski definition) is 3. The summed E-state index contributed by atoms with van der Waals surface area (Å²) in [5, 5.41) is 9.57. The fourth-order valence-electron chi connectivity index (χ4n) is 1.99. The van der Waals surface area contributed by atoms with E-state index >= 15 is 0 Å². The van der Waals surface area contributed by atoms with Crippen molar-refractivity contribution in [3.05, 3.63) is 24.3 Å². The van der Waals surface area contributed by atoms with Gasteiger partial charge in [0, 0.05) is 18.8 Å². The van der Waals surface area contributed by atoms with Gasteiger partial charge in [-0.2, -0.15) is 0 Å². The molecule has 2 rings (SSSR count). The minimum atomic E-state index is -0.784. The third kappa shape index (κ3) is 3.63. The zero-order valence-electron chi connectivity index (χ0n) is 10.6. The van der Waals surface area contributed by atoms with Crippen LogP contribution in [0.5, 0.6) is 5.75 Å². The highest BCUT2D eigenvalue weighted by atomic mass is 16.5. The maximum absolute atomic E-state index is 9.57. The van der Waals surface area contributed by atoms with Crippen LogP contribution < -0.4 is 9.64 Å². The Kier molecular flexibility index (Phi) is 3.57. The fraction of sp³-hybridized carbons (Fsp3) is 0.571. The molecule has 1 aliphatic rings. The lowest BCUT2D eigenvalue weighted by Gasteiger charge is -2.20. The Balaban J connectivity index is 1.93. The normalized spacial score (nSPS) is 16.3. The highest BCUT2D eigenvalue weighted by Gasteiger charge is 2.14. The number of hydrogen-bond donors (Lipinski definition) is 1. The highest BCUT2D eigenvalue weighted by molar-refractivity contribution is 5.49. The topological polar surface area (TPSA) is 32.7 Å². The molecule has 0 spiro atoms. The Morgan fingerprint density at radius 2 is 1.76 bits per heavy atom. The van der Waals surface area contributed by atoms with Crippen molar-refractivity contribution in [2.75, 3.05) is 24.6 Å². The SMILES string of the molecule is CC(C)(O)COc1ccc(N2CCCC2)cc1. The number of ether oxygens (including phenoxy) is 1. The van der Waals surface area contributed by atoms with Crippen molar-refractivity contribution >= 4 is 5.69 Å².